The molecular formula is C20H26N4O2. The molecule has 1 saturated heterocycles. The lowest BCUT2D eigenvalue weighted by atomic mass is 10.1. The van der Waals surface area contributed by atoms with Gasteiger partial charge in [0.25, 0.3) is 0 Å². The Morgan fingerprint density at radius 1 is 0.962 bits per heavy atom. The van der Waals surface area contributed by atoms with Crippen molar-refractivity contribution in [3.05, 3.63) is 48.0 Å². The Balaban J connectivity index is 1.65. The highest BCUT2D eigenvalue weighted by Crippen LogP contribution is 2.24. The molecule has 138 valence electrons. The average Bonchev–Trinajstić information content (AvgIpc) is 2.62. The lowest BCUT2D eigenvalue weighted by molar-refractivity contribution is 0.262. The van der Waals surface area contributed by atoms with Crippen LogP contribution in [0.3, 0.4) is 0 Å². The molecule has 1 aliphatic heterocycles. The molecule has 2 aromatic carbocycles. The minimum atomic E-state index is -0.259. The monoisotopic (exact) mass is 354 g/mol. The van der Waals surface area contributed by atoms with Crippen LogP contribution in [0.2, 0.25) is 0 Å². The summed E-state index contributed by atoms with van der Waals surface area (Å²) in [5.41, 5.74) is 3.79. The van der Waals surface area contributed by atoms with Crippen LogP contribution >= 0.6 is 0 Å². The number of ether oxygens (including phenoxy) is 1. The number of nitrogens with zero attached hydrogens (tertiary/aromatic N) is 2. The van der Waals surface area contributed by atoms with E-state index in [4.69, 9.17) is 4.74 Å². The largest absolute Gasteiger partial charge is 0.497 e. The number of nitrogens with one attached hydrogen (secondary N) is 2. The summed E-state index contributed by atoms with van der Waals surface area (Å²) >= 11 is 0. The summed E-state index contributed by atoms with van der Waals surface area (Å²) in [6.45, 7) is 6.14. The lowest BCUT2D eigenvalue weighted by Crippen LogP contribution is -2.44. The predicted molar refractivity (Wildman–Crippen MR) is 107 cm³/mol. The van der Waals surface area contributed by atoms with Crippen molar-refractivity contribution in [3.8, 4) is 5.75 Å². The van der Waals surface area contributed by atoms with E-state index in [2.05, 4.69) is 33.5 Å². The highest BCUT2D eigenvalue weighted by atomic mass is 16.5. The van der Waals surface area contributed by atoms with E-state index in [1.807, 2.05) is 43.3 Å². The summed E-state index contributed by atoms with van der Waals surface area (Å²) in [7, 11) is 3.76. The summed E-state index contributed by atoms with van der Waals surface area (Å²) < 4.78 is 5.12. The summed E-state index contributed by atoms with van der Waals surface area (Å²) in [4.78, 5) is 17.0. The SMILES string of the molecule is COc1ccc(NC(=O)Nc2cc(C)cc(N3CCN(C)CC3)c2)cc1. The Bertz CT molecular complexity index is 753. The van der Waals surface area contributed by atoms with E-state index < -0.39 is 0 Å². The molecule has 2 N–H and O–H groups in total. The van der Waals surface area contributed by atoms with Crippen LogP contribution in [0, 0.1) is 6.92 Å². The van der Waals surface area contributed by atoms with Crippen molar-refractivity contribution in [1.82, 2.24) is 4.90 Å². The van der Waals surface area contributed by atoms with Crippen LogP contribution in [-0.2, 0) is 0 Å². The number of rotatable bonds is 4. The number of piperazine rings is 1. The topological polar surface area (TPSA) is 56.8 Å². The Hall–Kier alpha value is -2.73. The van der Waals surface area contributed by atoms with Gasteiger partial charge in [-0.3, -0.25) is 0 Å². The second-order valence-corrected chi connectivity index (χ2v) is 6.66. The van der Waals surface area contributed by atoms with Crippen molar-refractivity contribution in [2.45, 2.75) is 6.92 Å². The number of anilines is 3. The molecule has 6 nitrogen and oxygen atoms in total. The molecule has 3 rings (SSSR count). The molecule has 2 amide bonds. The molecule has 1 aliphatic rings. The normalized spacial score (nSPS) is 14.8. The molecule has 1 heterocycles. The maximum Gasteiger partial charge on any atom is 0.323 e. The van der Waals surface area contributed by atoms with Gasteiger partial charge in [0.1, 0.15) is 5.75 Å². The molecule has 0 atom stereocenters. The van der Waals surface area contributed by atoms with Gasteiger partial charge in [-0.15, -0.1) is 0 Å². The molecule has 0 saturated carbocycles. The molecular weight excluding hydrogens is 328 g/mol. The van der Waals surface area contributed by atoms with E-state index in [1.54, 1.807) is 7.11 Å². The third-order valence-electron chi connectivity index (χ3n) is 4.54. The van der Waals surface area contributed by atoms with Gasteiger partial charge in [0.2, 0.25) is 0 Å². The standard InChI is InChI=1S/C20H26N4O2/c1-15-12-17(14-18(13-15)24-10-8-23(2)9-11-24)22-20(25)21-16-4-6-19(26-3)7-5-16/h4-7,12-14H,8-11H2,1-3H3,(H2,21,22,25). The molecule has 0 spiro atoms. The van der Waals surface area contributed by atoms with Crippen molar-refractivity contribution in [3.63, 3.8) is 0 Å². The van der Waals surface area contributed by atoms with Gasteiger partial charge in [-0.1, -0.05) is 0 Å². The zero-order valence-corrected chi connectivity index (χ0v) is 15.6. The smallest absolute Gasteiger partial charge is 0.323 e. The van der Waals surface area contributed by atoms with Crippen molar-refractivity contribution >= 4 is 23.1 Å². The van der Waals surface area contributed by atoms with Crippen molar-refractivity contribution in [2.75, 3.05) is 55.9 Å². The van der Waals surface area contributed by atoms with Crippen LogP contribution in [0.15, 0.2) is 42.5 Å². The molecule has 0 unspecified atom stereocenters. The Labute approximate surface area is 154 Å². The Kier molecular flexibility index (Phi) is 5.63. The van der Waals surface area contributed by atoms with E-state index in [-0.39, 0.29) is 6.03 Å². The minimum Gasteiger partial charge on any atom is -0.497 e. The molecule has 0 radical (unpaired) electrons. The minimum absolute atomic E-state index is 0.259. The second kappa shape index (κ2) is 8.10. The fourth-order valence-electron chi connectivity index (χ4n) is 3.05. The predicted octanol–water partition coefficient (Wildman–Crippen LogP) is 3.40. The maximum absolute atomic E-state index is 12.3. The quantitative estimate of drug-likeness (QED) is 0.884. The molecule has 2 aromatic rings. The van der Waals surface area contributed by atoms with Crippen LogP contribution < -0.4 is 20.3 Å². The molecule has 26 heavy (non-hydrogen) atoms. The van der Waals surface area contributed by atoms with E-state index in [9.17, 15) is 4.79 Å². The van der Waals surface area contributed by atoms with Crippen LogP contribution in [0.1, 0.15) is 5.56 Å². The van der Waals surface area contributed by atoms with Crippen molar-refractivity contribution < 1.29 is 9.53 Å². The fourth-order valence-corrected chi connectivity index (χ4v) is 3.05. The van der Waals surface area contributed by atoms with E-state index in [0.29, 0.717) is 0 Å². The molecule has 6 heteroatoms. The zero-order chi connectivity index (χ0) is 18.5. The molecule has 0 aliphatic carbocycles. The number of likely N-dealkylation sites (N-methyl/N-ethyl adjacent to an activating group) is 1. The third kappa shape index (κ3) is 4.67. The van der Waals surface area contributed by atoms with Crippen LogP contribution in [0.5, 0.6) is 5.75 Å². The van der Waals surface area contributed by atoms with Crippen LogP contribution in [0.4, 0.5) is 21.9 Å². The average molecular weight is 354 g/mol. The van der Waals surface area contributed by atoms with Gasteiger partial charge in [-0.2, -0.15) is 0 Å². The van der Waals surface area contributed by atoms with Gasteiger partial charge in [0, 0.05) is 43.2 Å². The first-order chi connectivity index (χ1) is 12.5. The van der Waals surface area contributed by atoms with Gasteiger partial charge in [-0.05, 0) is 62.0 Å². The number of aryl methyl sites for hydroxylation is 1. The second-order valence-electron chi connectivity index (χ2n) is 6.66. The van der Waals surface area contributed by atoms with Crippen LogP contribution in [-0.4, -0.2) is 51.3 Å². The van der Waals surface area contributed by atoms with E-state index in [1.165, 1.54) is 0 Å². The Morgan fingerprint density at radius 2 is 1.62 bits per heavy atom. The van der Waals surface area contributed by atoms with Gasteiger partial charge in [0.05, 0.1) is 7.11 Å². The van der Waals surface area contributed by atoms with Crippen LogP contribution in [0.25, 0.3) is 0 Å². The highest BCUT2D eigenvalue weighted by molar-refractivity contribution is 6.00. The maximum atomic E-state index is 12.3. The first-order valence-electron chi connectivity index (χ1n) is 8.81. The van der Waals surface area contributed by atoms with Crippen molar-refractivity contribution in [2.24, 2.45) is 0 Å². The summed E-state index contributed by atoms with van der Waals surface area (Å²) in [6.07, 6.45) is 0. The molecule has 0 bridgehead atoms. The van der Waals surface area contributed by atoms with Gasteiger partial charge in [0.15, 0.2) is 0 Å². The first-order valence-corrected chi connectivity index (χ1v) is 8.81. The number of carbonyl (C=O) groups excluding carboxylic acids is 1. The lowest BCUT2D eigenvalue weighted by Gasteiger charge is -2.34. The number of urea groups is 1. The van der Waals surface area contributed by atoms with Gasteiger partial charge < -0.3 is 25.2 Å². The summed E-state index contributed by atoms with van der Waals surface area (Å²) in [5, 5.41) is 5.77. The number of hydrogen-bond acceptors (Lipinski definition) is 4. The number of benzene rings is 2. The number of hydrogen-bond donors (Lipinski definition) is 2. The van der Waals surface area contributed by atoms with E-state index in [0.717, 1.165) is 54.6 Å². The Morgan fingerprint density at radius 3 is 2.27 bits per heavy atom. The van der Waals surface area contributed by atoms with E-state index >= 15 is 0 Å². The third-order valence-corrected chi connectivity index (χ3v) is 4.54. The number of methoxy groups -OCH3 is 1. The molecule has 1 fully saturated rings. The number of amides is 2. The highest BCUT2D eigenvalue weighted by Gasteiger charge is 2.15. The van der Waals surface area contributed by atoms with Crippen molar-refractivity contribution in [1.29, 1.82) is 0 Å². The fraction of sp³-hybridized carbons (Fsp3) is 0.350. The summed E-state index contributed by atoms with van der Waals surface area (Å²) in [5.74, 6) is 0.756. The number of carbonyl (C=O) groups is 1. The molecule has 0 aromatic heterocycles. The summed E-state index contributed by atoms with van der Waals surface area (Å²) in [6, 6.07) is 13.2. The first kappa shape index (κ1) is 18.1. The van der Waals surface area contributed by atoms with Gasteiger partial charge >= 0.3 is 6.03 Å². The van der Waals surface area contributed by atoms with Gasteiger partial charge in [-0.25, -0.2) is 4.79 Å². The zero-order valence-electron chi connectivity index (χ0n) is 15.6.